The lowest BCUT2D eigenvalue weighted by atomic mass is 9.33. The molecular formula is C13H14F2O. The molecule has 0 aromatic heterocycles. The van der Waals surface area contributed by atoms with E-state index in [0.29, 0.717) is 0 Å². The van der Waals surface area contributed by atoms with Gasteiger partial charge in [-0.05, 0) is 35.7 Å². The fraction of sp³-hybridized carbons (Fsp3) is 0.538. The highest BCUT2D eigenvalue weighted by Gasteiger charge is 2.68. The van der Waals surface area contributed by atoms with Crippen LogP contribution in [0.5, 0.6) is 0 Å². The van der Waals surface area contributed by atoms with Gasteiger partial charge >= 0.3 is 0 Å². The number of benzene rings is 1. The molecule has 3 saturated carbocycles. The maximum Gasteiger partial charge on any atom is 0.264 e. The van der Waals surface area contributed by atoms with Crippen molar-refractivity contribution in [1.82, 2.24) is 0 Å². The largest absolute Gasteiger partial charge is 0.396 e. The van der Waals surface area contributed by atoms with Crippen molar-refractivity contribution in [3.05, 3.63) is 35.4 Å². The second-order valence-corrected chi connectivity index (χ2v) is 5.36. The second kappa shape index (κ2) is 3.04. The summed E-state index contributed by atoms with van der Waals surface area (Å²) in [6, 6.07) is 6.83. The number of alkyl halides is 2. The third kappa shape index (κ3) is 1.12. The lowest BCUT2D eigenvalue weighted by Gasteiger charge is -2.71. The van der Waals surface area contributed by atoms with E-state index in [1.54, 1.807) is 6.07 Å². The van der Waals surface area contributed by atoms with Gasteiger partial charge in [0.1, 0.15) is 0 Å². The second-order valence-electron chi connectivity index (χ2n) is 5.36. The molecule has 0 atom stereocenters. The van der Waals surface area contributed by atoms with Crippen LogP contribution in [0.2, 0.25) is 0 Å². The highest BCUT2D eigenvalue weighted by Crippen LogP contribution is 2.73. The fourth-order valence-corrected chi connectivity index (χ4v) is 3.62. The standard InChI is InChI=1S/C13H14F2O/c14-11(15)9-3-1-2-4-10(9)13-5-12(6-13,7-13)8-16/h1-4,11,16H,5-8H2. The van der Waals surface area contributed by atoms with E-state index in [9.17, 15) is 13.9 Å². The Balaban J connectivity index is 1.92. The Morgan fingerprint density at radius 2 is 1.81 bits per heavy atom. The van der Waals surface area contributed by atoms with E-state index in [1.807, 2.05) is 12.1 Å². The third-order valence-electron chi connectivity index (χ3n) is 4.24. The molecule has 86 valence electrons. The van der Waals surface area contributed by atoms with Gasteiger partial charge in [-0.15, -0.1) is 0 Å². The molecule has 0 unspecified atom stereocenters. The number of halogens is 2. The SMILES string of the molecule is OCC12CC(c3ccccc3C(F)F)(C1)C2. The summed E-state index contributed by atoms with van der Waals surface area (Å²) >= 11 is 0. The van der Waals surface area contributed by atoms with Crippen LogP contribution in [0.1, 0.15) is 36.8 Å². The van der Waals surface area contributed by atoms with Gasteiger partial charge in [-0.25, -0.2) is 8.78 Å². The maximum atomic E-state index is 12.9. The average Bonchev–Trinajstić information content (AvgIpc) is 2.15. The van der Waals surface area contributed by atoms with Crippen LogP contribution in [0, 0.1) is 5.41 Å². The summed E-state index contributed by atoms with van der Waals surface area (Å²) in [4.78, 5) is 0. The number of hydrogen-bond acceptors (Lipinski definition) is 1. The fourth-order valence-electron chi connectivity index (χ4n) is 3.62. The highest BCUT2D eigenvalue weighted by atomic mass is 19.3. The van der Waals surface area contributed by atoms with Crippen LogP contribution >= 0.6 is 0 Å². The van der Waals surface area contributed by atoms with Crippen molar-refractivity contribution in [2.45, 2.75) is 31.1 Å². The maximum absolute atomic E-state index is 12.9. The first-order valence-corrected chi connectivity index (χ1v) is 5.59. The van der Waals surface area contributed by atoms with Crippen molar-refractivity contribution in [3.63, 3.8) is 0 Å². The van der Waals surface area contributed by atoms with Crippen molar-refractivity contribution in [1.29, 1.82) is 0 Å². The first-order chi connectivity index (χ1) is 7.61. The molecule has 2 bridgehead atoms. The summed E-state index contributed by atoms with van der Waals surface area (Å²) in [5, 5.41) is 9.17. The van der Waals surface area contributed by atoms with Crippen LogP contribution in [-0.4, -0.2) is 11.7 Å². The molecule has 1 nitrogen and oxygen atoms in total. The van der Waals surface area contributed by atoms with E-state index in [2.05, 4.69) is 0 Å². The van der Waals surface area contributed by atoms with E-state index in [4.69, 9.17) is 0 Å². The van der Waals surface area contributed by atoms with Gasteiger partial charge in [-0.1, -0.05) is 24.3 Å². The summed E-state index contributed by atoms with van der Waals surface area (Å²) in [5.74, 6) is 0. The van der Waals surface area contributed by atoms with Crippen LogP contribution in [0.4, 0.5) is 8.78 Å². The predicted octanol–water partition coefficient (Wildman–Crippen LogP) is 3.04. The Hall–Kier alpha value is -0.960. The number of rotatable bonds is 3. The van der Waals surface area contributed by atoms with E-state index in [0.717, 1.165) is 24.8 Å². The van der Waals surface area contributed by atoms with Gasteiger partial charge in [0.2, 0.25) is 0 Å². The Labute approximate surface area is 93.1 Å². The van der Waals surface area contributed by atoms with Crippen molar-refractivity contribution < 1.29 is 13.9 Å². The van der Waals surface area contributed by atoms with Gasteiger partial charge in [-0.2, -0.15) is 0 Å². The predicted molar refractivity (Wildman–Crippen MR) is 56.4 cm³/mol. The molecule has 4 rings (SSSR count). The average molecular weight is 224 g/mol. The molecule has 0 saturated heterocycles. The Kier molecular flexibility index (Phi) is 1.94. The molecule has 1 N–H and O–H groups in total. The molecule has 0 spiro atoms. The quantitative estimate of drug-likeness (QED) is 0.836. The molecule has 1 aromatic carbocycles. The van der Waals surface area contributed by atoms with Crippen molar-refractivity contribution in [2.24, 2.45) is 5.41 Å². The zero-order valence-corrected chi connectivity index (χ0v) is 8.92. The van der Waals surface area contributed by atoms with Gasteiger partial charge in [-0.3, -0.25) is 0 Å². The van der Waals surface area contributed by atoms with Crippen LogP contribution in [0.15, 0.2) is 24.3 Å². The van der Waals surface area contributed by atoms with E-state index in [1.165, 1.54) is 6.07 Å². The van der Waals surface area contributed by atoms with Crippen molar-refractivity contribution in [2.75, 3.05) is 6.61 Å². The molecule has 16 heavy (non-hydrogen) atoms. The lowest BCUT2D eigenvalue weighted by Crippen LogP contribution is -2.66. The van der Waals surface area contributed by atoms with Crippen molar-refractivity contribution in [3.8, 4) is 0 Å². The monoisotopic (exact) mass is 224 g/mol. The Morgan fingerprint density at radius 1 is 1.19 bits per heavy atom. The normalized spacial score (nSPS) is 35.8. The molecule has 3 heteroatoms. The topological polar surface area (TPSA) is 20.2 Å². The minimum Gasteiger partial charge on any atom is -0.396 e. The van der Waals surface area contributed by atoms with Crippen molar-refractivity contribution >= 4 is 0 Å². The summed E-state index contributed by atoms with van der Waals surface area (Å²) in [6.45, 7) is 0.200. The van der Waals surface area contributed by atoms with Crippen LogP contribution in [0.25, 0.3) is 0 Å². The molecule has 0 heterocycles. The van der Waals surface area contributed by atoms with Gasteiger partial charge < -0.3 is 5.11 Å². The molecule has 3 aliphatic rings. The van der Waals surface area contributed by atoms with Gasteiger partial charge in [0.25, 0.3) is 6.43 Å². The summed E-state index contributed by atoms with van der Waals surface area (Å²) in [5.41, 5.74) is 0.999. The van der Waals surface area contributed by atoms with E-state index < -0.39 is 6.43 Å². The van der Waals surface area contributed by atoms with Crippen LogP contribution in [-0.2, 0) is 5.41 Å². The minimum atomic E-state index is -2.39. The Morgan fingerprint density at radius 3 is 2.38 bits per heavy atom. The molecule has 3 aliphatic carbocycles. The molecule has 0 radical (unpaired) electrons. The Bertz CT molecular complexity index is 408. The summed E-state index contributed by atoms with van der Waals surface area (Å²) < 4.78 is 25.7. The zero-order chi connectivity index (χ0) is 11.4. The molecule has 3 fully saturated rings. The van der Waals surface area contributed by atoms with Crippen LogP contribution in [0.3, 0.4) is 0 Å². The number of aliphatic hydroxyl groups is 1. The summed E-state index contributed by atoms with van der Waals surface area (Å²) in [7, 11) is 0. The number of aliphatic hydroxyl groups excluding tert-OH is 1. The van der Waals surface area contributed by atoms with Gasteiger partial charge in [0, 0.05) is 12.2 Å². The first-order valence-electron chi connectivity index (χ1n) is 5.59. The highest BCUT2D eigenvalue weighted by molar-refractivity contribution is 5.44. The first kappa shape index (κ1) is 10.2. The van der Waals surface area contributed by atoms with E-state index in [-0.39, 0.29) is 23.0 Å². The molecular weight excluding hydrogens is 210 g/mol. The third-order valence-corrected chi connectivity index (χ3v) is 4.24. The smallest absolute Gasteiger partial charge is 0.264 e. The van der Waals surface area contributed by atoms with E-state index >= 15 is 0 Å². The molecule has 1 aromatic rings. The van der Waals surface area contributed by atoms with Crippen LogP contribution < -0.4 is 0 Å². The zero-order valence-electron chi connectivity index (χ0n) is 8.92. The minimum absolute atomic E-state index is 0.0459. The summed E-state index contributed by atoms with van der Waals surface area (Å²) in [6.07, 6.45) is 0.232. The molecule has 0 aliphatic heterocycles. The molecule has 0 amide bonds. The number of hydrogen-bond donors (Lipinski definition) is 1. The van der Waals surface area contributed by atoms with Gasteiger partial charge in [0.05, 0.1) is 0 Å². The van der Waals surface area contributed by atoms with Gasteiger partial charge in [0.15, 0.2) is 0 Å². The lowest BCUT2D eigenvalue weighted by molar-refractivity contribution is -0.168.